The van der Waals surface area contributed by atoms with Gasteiger partial charge in [0.15, 0.2) is 0 Å². The summed E-state index contributed by atoms with van der Waals surface area (Å²) in [6.07, 6.45) is 3.83. The van der Waals surface area contributed by atoms with Gasteiger partial charge in [0.05, 0.1) is 16.1 Å². The van der Waals surface area contributed by atoms with Crippen molar-refractivity contribution >= 4 is 44.7 Å². The molecule has 0 radical (unpaired) electrons. The summed E-state index contributed by atoms with van der Waals surface area (Å²) < 4.78 is 28.4. The highest BCUT2D eigenvalue weighted by molar-refractivity contribution is 7.92. The van der Waals surface area contributed by atoms with Gasteiger partial charge in [-0.3, -0.25) is 9.52 Å². The smallest absolute Gasteiger partial charge is 0.262 e. The SMILES string of the molecule is Cc1ccc(NC(=O)c2ccc(N3CCCC3)nc2)cc1S(=O)(=O)Nc1cccc(Cl)c1. The monoisotopic (exact) mass is 470 g/mol. The molecular weight excluding hydrogens is 448 g/mol. The Bertz CT molecular complexity index is 1240. The average molecular weight is 471 g/mol. The minimum absolute atomic E-state index is 0.0674. The van der Waals surface area contributed by atoms with Crippen molar-refractivity contribution in [3.8, 4) is 0 Å². The first-order valence-corrected chi connectivity index (χ1v) is 12.1. The number of anilines is 3. The summed E-state index contributed by atoms with van der Waals surface area (Å²) in [4.78, 5) is 19.3. The molecule has 2 N–H and O–H groups in total. The lowest BCUT2D eigenvalue weighted by atomic mass is 10.2. The predicted molar refractivity (Wildman–Crippen MR) is 127 cm³/mol. The number of rotatable bonds is 6. The molecule has 1 aliphatic heterocycles. The Kier molecular flexibility index (Phi) is 6.34. The second kappa shape index (κ2) is 9.18. The zero-order chi connectivity index (χ0) is 22.7. The molecule has 1 aliphatic rings. The van der Waals surface area contributed by atoms with Crippen LogP contribution in [0.5, 0.6) is 0 Å². The maximum absolute atomic E-state index is 12.9. The van der Waals surface area contributed by atoms with Crippen LogP contribution in [0.15, 0.2) is 65.7 Å². The van der Waals surface area contributed by atoms with Crippen LogP contribution in [0.2, 0.25) is 5.02 Å². The van der Waals surface area contributed by atoms with Crippen LogP contribution in [0.1, 0.15) is 28.8 Å². The zero-order valence-electron chi connectivity index (χ0n) is 17.5. The third-order valence-electron chi connectivity index (χ3n) is 5.25. The van der Waals surface area contributed by atoms with E-state index >= 15 is 0 Å². The van der Waals surface area contributed by atoms with E-state index in [9.17, 15) is 13.2 Å². The highest BCUT2D eigenvalue weighted by Gasteiger charge is 2.19. The van der Waals surface area contributed by atoms with E-state index in [1.165, 1.54) is 18.3 Å². The van der Waals surface area contributed by atoms with Crippen molar-refractivity contribution in [3.05, 3.63) is 76.9 Å². The van der Waals surface area contributed by atoms with Crippen molar-refractivity contribution in [1.29, 1.82) is 0 Å². The number of amides is 1. The molecule has 166 valence electrons. The number of aromatic nitrogens is 1. The van der Waals surface area contributed by atoms with Gasteiger partial charge in [0.2, 0.25) is 0 Å². The van der Waals surface area contributed by atoms with Crippen LogP contribution in [-0.4, -0.2) is 32.4 Å². The third-order valence-corrected chi connectivity index (χ3v) is 7.01. The van der Waals surface area contributed by atoms with Crippen LogP contribution in [0.4, 0.5) is 17.2 Å². The quantitative estimate of drug-likeness (QED) is 0.545. The van der Waals surface area contributed by atoms with Crippen molar-refractivity contribution in [1.82, 2.24) is 4.98 Å². The molecular formula is C23H23ClN4O3S. The molecule has 0 unspecified atom stereocenters. The molecule has 1 fully saturated rings. The van der Waals surface area contributed by atoms with Crippen molar-refractivity contribution < 1.29 is 13.2 Å². The van der Waals surface area contributed by atoms with Gasteiger partial charge in [-0.1, -0.05) is 23.7 Å². The van der Waals surface area contributed by atoms with Gasteiger partial charge in [-0.25, -0.2) is 13.4 Å². The van der Waals surface area contributed by atoms with E-state index in [0.29, 0.717) is 27.5 Å². The summed E-state index contributed by atoms with van der Waals surface area (Å²) in [5.41, 5.74) is 1.68. The summed E-state index contributed by atoms with van der Waals surface area (Å²) in [5.74, 6) is 0.496. The van der Waals surface area contributed by atoms with Crippen molar-refractivity contribution in [2.45, 2.75) is 24.7 Å². The molecule has 0 saturated carbocycles. The summed E-state index contributed by atoms with van der Waals surface area (Å²) in [7, 11) is -3.88. The summed E-state index contributed by atoms with van der Waals surface area (Å²) in [5, 5.41) is 3.18. The van der Waals surface area contributed by atoms with E-state index in [2.05, 4.69) is 19.9 Å². The average Bonchev–Trinajstić information content (AvgIpc) is 3.30. The van der Waals surface area contributed by atoms with Crippen LogP contribution in [0, 0.1) is 6.92 Å². The van der Waals surface area contributed by atoms with Crippen LogP contribution in [0.3, 0.4) is 0 Å². The van der Waals surface area contributed by atoms with Crippen LogP contribution >= 0.6 is 11.6 Å². The van der Waals surface area contributed by atoms with E-state index in [1.807, 2.05) is 6.07 Å². The topological polar surface area (TPSA) is 91.4 Å². The molecule has 0 spiro atoms. The standard InChI is InChI=1S/C23H23ClN4O3S/c1-16-7-9-19(14-21(16)32(30,31)27-20-6-4-5-18(24)13-20)26-23(29)17-8-10-22(25-15-17)28-11-2-3-12-28/h4-10,13-15,27H,2-3,11-12H2,1H3,(H,26,29). The zero-order valence-corrected chi connectivity index (χ0v) is 19.1. The van der Waals surface area contributed by atoms with Gasteiger partial charge in [0, 0.05) is 30.0 Å². The first-order chi connectivity index (χ1) is 15.3. The summed E-state index contributed by atoms with van der Waals surface area (Å²) in [6.45, 7) is 3.64. The van der Waals surface area contributed by atoms with Gasteiger partial charge in [0.25, 0.3) is 15.9 Å². The van der Waals surface area contributed by atoms with E-state index in [-0.39, 0.29) is 10.8 Å². The number of carbonyl (C=O) groups excluding carboxylic acids is 1. The minimum Gasteiger partial charge on any atom is -0.357 e. The largest absolute Gasteiger partial charge is 0.357 e. The van der Waals surface area contributed by atoms with Crippen LogP contribution in [0.25, 0.3) is 0 Å². The molecule has 2 heterocycles. The van der Waals surface area contributed by atoms with E-state index < -0.39 is 10.0 Å². The molecule has 7 nitrogen and oxygen atoms in total. The number of carbonyl (C=O) groups is 1. The van der Waals surface area contributed by atoms with Gasteiger partial charge in [-0.15, -0.1) is 0 Å². The van der Waals surface area contributed by atoms with E-state index in [0.717, 1.165) is 31.7 Å². The number of sulfonamides is 1. The second-order valence-electron chi connectivity index (χ2n) is 7.65. The molecule has 4 rings (SSSR count). The predicted octanol–water partition coefficient (Wildman–Crippen LogP) is 4.70. The van der Waals surface area contributed by atoms with Gasteiger partial charge in [-0.2, -0.15) is 0 Å². The van der Waals surface area contributed by atoms with Gasteiger partial charge in [0.1, 0.15) is 5.82 Å². The van der Waals surface area contributed by atoms with Gasteiger partial charge >= 0.3 is 0 Å². The lowest BCUT2D eigenvalue weighted by Crippen LogP contribution is -2.19. The molecule has 0 bridgehead atoms. The van der Waals surface area contributed by atoms with Crippen molar-refractivity contribution in [3.63, 3.8) is 0 Å². The van der Waals surface area contributed by atoms with Crippen molar-refractivity contribution in [2.24, 2.45) is 0 Å². The highest BCUT2D eigenvalue weighted by atomic mass is 35.5. The molecule has 1 amide bonds. The maximum atomic E-state index is 12.9. The lowest BCUT2D eigenvalue weighted by molar-refractivity contribution is 0.102. The Labute approximate surface area is 192 Å². The summed E-state index contributed by atoms with van der Waals surface area (Å²) >= 11 is 5.95. The molecule has 1 aromatic heterocycles. The number of nitrogens with zero attached hydrogens (tertiary/aromatic N) is 2. The number of nitrogens with one attached hydrogen (secondary N) is 2. The fourth-order valence-electron chi connectivity index (χ4n) is 3.59. The maximum Gasteiger partial charge on any atom is 0.262 e. The Hall–Kier alpha value is -3.10. The Morgan fingerprint density at radius 3 is 2.50 bits per heavy atom. The van der Waals surface area contributed by atoms with Crippen LogP contribution < -0.4 is 14.9 Å². The minimum atomic E-state index is -3.88. The summed E-state index contributed by atoms with van der Waals surface area (Å²) in [6, 6.07) is 14.8. The first kappa shape index (κ1) is 22.1. The Balaban J connectivity index is 1.51. The number of hydrogen-bond acceptors (Lipinski definition) is 5. The number of benzene rings is 2. The second-order valence-corrected chi connectivity index (χ2v) is 9.74. The number of aryl methyl sites for hydroxylation is 1. The molecule has 2 aromatic carbocycles. The molecule has 9 heteroatoms. The van der Waals surface area contributed by atoms with Gasteiger partial charge < -0.3 is 10.2 Å². The highest BCUT2D eigenvalue weighted by Crippen LogP contribution is 2.25. The Morgan fingerprint density at radius 2 is 1.81 bits per heavy atom. The molecule has 0 aliphatic carbocycles. The molecule has 1 saturated heterocycles. The van der Waals surface area contributed by atoms with Crippen LogP contribution in [-0.2, 0) is 10.0 Å². The number of halogens is 1. The molecule has 0 atom stereocenters. The number of hydrogen-bond donors (Lipinski definition) is 2. The Morgan fingerprint density at radius 1 is 1.03 bits per heavy atom. The van der Waals surface area contributed by atoms with Gasteiger partial charge in [-0.05, 0) is 67.8 Å². The number of pyridine rings is 1. The fraction of sp³-hybridized carbons (Fsp3) is 0.217. The lowest BCUT2D eigenvalue weighted by Gasteiger charge is -2.16. The van der Waals surface area contributed by atoms with E-state index in [1.54, 1.807) is 43.3 Å². The van der Waals surface area contributed by atoms with Crippen molar-refractivity contribution in [2.75, 3.05) is 28.0 Å². The fourth-order valence-corrected chi connectivity index (χ4v) is 5.10. The normalized spacial score (nSPS) is 13.8. The third kappa shape index (κ3) is 5.03. The van der Waals surface area contributed by atoms with E-state index in [4.69, 9.17) is 11.6 Å². The molecule has 32 heavy (non-hydrogen) atoms. The first-order valence-electron chi connectivity index (χ1n) is 10.2. The molecule has 3 aromatic rings.